The average molecular weight is 311 g/mol. The van der Waals surface area contributed by atoms with E-state index in [1.54, 1.807) is 0 Å². The number of para-hydroxylation sites is 1. The van der Waals surface area contributed by atoms with E-state index < -0.39 is 17.8 Å². The molecule has 0 saturated carbocycles. The van der Waals surface area contributed by atoms with Crippen LogP contribution in [-0.2, 0) is 6.18 Å². The number of benzene rings is 1. The standard InChI is InChI=1S/C14H12F3N3O2/c15-14(16,17)12-5-10(19-20-12)13(21)18-6-8-7-22-11-4-2-1-3-9(8)11/h1-5,8H,6-7H2,(H,18,21)(H,19,20). The highest BCUT2D eigenvalue weighted by Gasteiger charge is 2.34. The fraction of sp³-hybridized carbons (Fsp3) is 0.286. The Morgan fingerprint density at radius 1 is 1.41 bits per heavy atom. The molecule has 1 atom stereocenters. The number of carbonyl (C=O) groups is 1. The lowest BCUT2D eigenvalue weighted by Crippen LogP contribution is -2.29. The van der Waals surface area contributed by atoms with E-state index in [9.17, 15) is 18.0 Å². The SMILES string of the molecule is O=C(NCC1COc2ccccc21)c1cc(C(F)(F)F)[nH]n1. The lowest BCUT2D eigenvalue weighted by atomic mass is 10.0. The predicted octanol–water partition coefficient (Wildman–Crippen LogP) is 2.33. The van der Waals surface area contributed by atoms with Crippen molar-refractivity contribution in [2.24, 2.45) is 0 Å². The van der Waals surface area contributed by atoms with Crippen molar-refractivity contribution >= 4 is 5.91 Å². The Bertz CT molecular complexity index is 697. The first kappa shape index (κ1) is 14.4. The molecule has 8 heteroatoms. The highest BCUT2D eigenvalue weighted by molar-refractivity contribution is 5.92. The summed E-state index contributed by atoms with van der Waals surface area (Å²) in [6.45, 7) is 0.693. The minimum atomic E-state index is -4.55. The molecule has 1 unspecified atom stereocenters. The smallest absolute Gasteiger partial charge is 0.432 e. The number of rotatable bonds is 3. The van der Waals surface area contributed by atoms with E-state index in [4.69, 9.17) is 4.74 Å². The Morgan fingerprint density at radius 3 is 2.91 bits per heavy atom. The zero-order valence-corrected chi connectivity index (χ0v) is 11.3. The molecule has 2 aromatic rings. The molecule has 116 valence electrons. The van der Waals surface area contributed by atoms with Gasteiger partial charge in [-0.25, -0.2) is 0 Å². The van der Waals surface area contributed by atoms with Gasteiger partial charge >= 0.3 is 6.18 Å². The third-order valence-electron chi connectivity index (χ3n) is 3.42. The van der Waals surface area contributed by atoms with Crippen molar-refractivity contribution in [2.45, 2.75) is 12.1 Å². The number of halogens is 3. The Balaban J connectivity index is 1.63. The predicted molar refractivity (Wildman–Crippen MR) is 70.6 cm³/mol. The summed E-state index contributed by atoms with van der Waals surface area (Å²) in [6, 6.07) is 8.14. The van der Waals surface area contributed by atoms with Crippen molar-refractivity contribution in [2.75, 3.05) is 13.2 Å². The number of hydrogen-bond donors (Lipinski definition) is 2. The molecule has 0 bridgehead atoms. The van der Waals surface area contributed by atoms with Gasteiger partial charge in [0.15, 0.2) is 5.69 Å². The van der Waals surface area contributed by atoms with Crippen LogP contribution < -0.4 is 10.1 Å². The molecule has 2 N–H and O–H groups in total. The van der Waals surface area contributed by atoms with Gasteiger partial charge in [-0.2, -0.15) is 18.3 Å². The lowest BCUT2D eigenvalue weighted by molar-refractivity contribution is -0.141. The maximum atomic E-state index is 12.4. The summed E-state index contributed by atoms with van der Waals surface area (Å²) in [5.74, 6) is 0.0817. The number of amides is 1. The van der Waals surface area contributed by atoms with E-state index in [1.807, 2.05) is 29.4 Å². The summed E-state index contributed by atoms with van der Waals surface area (Å²) in [5.41, 5.74) is -0.368. The van der Waals surface area contributed by atoms with Crippen LogP contribution in [0.15, 0.2) is 30.3 Å². The van der Waals surface area contributed by atoms with E-state index in [1.165, 1.54) is 0 Å². The molecule has 0 aliphatic carbocycles. The first-order valence-electron chi connectivity index (χ1n) is 6.57. The summed E-state index contributed by atoms with van der Waals surface area (Å²) in [6.07, 6.45) is -4.55. The maximum Gasteiger partial charge on any atom is 0.432 e. The molecule has 0 radical (unpaired) electrons. The van der Waals surface area contributed by atoms with Crippen LogP contribution in [0.5, 0.6) is 5.75 Å². The van der Waals surface area contributed by atoms with Crippen molar-refractivity contribution in [3.8, 4) is 5.75 Å². The molecule has 0 spiro atoms. The van der Waals surface area contributed by atoms with Gasteiger partial charge in [-0.15, -0.1) is 0 Å². The van der Waals surface area contributed by atoms with Gasteiger partial charge in [0.2, 0.25) is 0 Å². The molecule has 1 aliphatic heterocycles. The molecule has 1 aliphatic rings. The number of aromatic amines is 1. The van der Waals surface area contributed by atoms with Crippen LogP contribution >= 0.6 is 0 Å². The molecule has 1 aromatic carbocycles. The van der Waals surface area contributed by atoms with Crippen LogP contribution in [0.3, 0.4) is 0 Å². The fourth-order valence-electron chi connectivity index (χ4n) is 2.29. The lowest BCUT2D eigenvalue weighted by Gasteiger charge is -2.09. The van der Waals surface area contributed by atoms with Gasteiger partial charge in [-0.3, -0.25) is 9.89 Å². The summed E-state index contributed by atoms with van der Waals surface area (Å²) < 4.78 is 42.8. The molecular formula is C14H12F3N3O2. The first-order chi connectivity index (χ1) is 10.4. The molecule has 1 aromatic heterocycles. The minimum absolute atomic E-state index is 0.0267. The second-order valence-corrected chi connectivity index (χ2v) is 4.92. The van der Waals surface area contributed by atoms with Crippen molar-refractivity contribution in [3.63, 3.8) is 0 Å². The average Bonchev–Trinajstić information content (AvgIpc) is 3.11. The van der Waals surface area contributed by atoms with Gasteiger partial charge in [0.25, 0.3) is 5.91 Å². The topological polar surface area (TPSA) is 67.0 Å². The van der Waals surface area contributed by atoms with E-state index in [2.05, 4.69) is 10.4 Å². The van der Waals surface area contributed by atoms with E-state index >= 15 is 0 Å². The number of alkyl halides is 3. The first-order valence-corrected chi connectivity index (χ1v) is 6.57. The molecule has 1 amide bonds. The summed E-state index contributed by atoms with van der Waals surface area (Å²) in [7, 11) is 0. The number of nitrogens with zero attached hydrogens (tertiary/aromatic N) is 1. The third-order valence-corrected chi connectivity index (χ3v) is 3.42. The van der Waals surface area contributed by atoms with Crippen LogP contribution in [0.4, 0.5) is 13.2 Å². The van der Waals surface area contributed by atoms with Crippen molar-refractivity contribution in [1.29, 1.82) is 0 Å². The van der Waals surface area contributed by atoms with Crippen LogP contribution in [-0.4, -0.2) is 29.3 Å². The second kappa shape index (κ2) is 5.36. The molecule has 0 fully saturated rings. The van der Waals surface area contributed by atoms with Gasteiger partial charge in [0, 0.05) is 24.1 Å². The summed E-state index contributed by atoms with van der Waals surface area (Å²) in [4.78, 5) is 11.9. The highest BCUT2D eigenvalue weighted by Crippen LogP contribution is 2.33. The summed E-state index contributed by atoms with van der Waals surface area (Å²) in [5, 5.41) is 7.77. The quantitative estimate of drug-likeness (QED) is 0.914. The van der Waals surface area contributed by atoms with E-state index in [0.717, 1.165) is 11.3 Å². The number of aromatic nitrogens is 2. The van der Waals surface area contributed by atoms with Gasteiger partial charge in [0.1, 0.15) is 11.4 Å². The Labute approximate surface area is 123 Å². The Hall–Kier alpha value is -2.51. The number of H-pyrrole nitrogens is 1. The molecular weight excluding hydrogens is 299 g/mol. The monoisotopic (exact) mass is 311 g/mol. The zero-order chi connectivity index (χ0) is 15.7. The van der Waals surface area contributed by atoms with Crippen LogP contribution in [0, 0.1) is 0 Å². The summed E-state index contributed by atoms with van der Waals surface area (Å²) >= 11 is 0. The van der Waals surface area contributed by atoms with Crippen LogP contribution in [0.25, 0.3) is 0 Å². The molecule has 3 rings (SSSR count). The molecule has 0 saturated heterocycles. The normalized spacial score (nSPS) is 17.0. The van der Waals surface area contributed by atoms with Crippen molar-refractivity contribution < 1.29 is 22.7 Å². The fourth-order valence-corrected chi connectivity index (χ4v) is 2.29. The van der Waals surface area contributed by atoms with Crippen LogP contribution in [0.2, 0.25) is 0 Å². The molecule has 22 heavy (non-hydrogen) atoms. The van der Waals surface area contributed by atoms with Gasteiger partial charge in [0.05, 0.1) is 6.61 Å². The zero-order valence-electron chi connectivity index (χ0n) is 11.3. The Morgan fingerprint density at radius 2 is 2.18 bits per heavy atom. The number of fused-ring (bicyclic) bond motifs is 1. The van der Waals surface area contributed by atoms with Crippen molar-refractivity contribution in [1.82, 2.24) is 15.5 Å². The van der Waals surface area contributed by atoms with E-state index in [-0.39, 0.29) is 18.2 Å². The van der Waals surface area contributed by atoms with E-state index in [0.29, 0.717) is 12.7 Å². The number of ether oxygens (including phenoxy) is 1. The number of hydrogen-bond acceptors (Lipinski definition) is 3. The largest absolute Gasteiger partial charge is 0.493 e. The third kappa shape index (κ3) is 2.76. The Kier molecular flexibility index (Phi) is 3.51. The highest BCUT2D eigenvalue weighted by atomic mass is 19.4. The minimum Gasteiger partial charge on any atom is -0.493 e. The maximum absolute atomic E-state index is 12.4. The number of carbonyl (C=O) groups excluding carboxylic acids is 1. The molecule has 5 nitrogen and oxygen atoms in total. The molecule has 2 heterocycles. The van der Waals surface area contributed by atoms with Gasteiger partial charge in [-0.05, 0) is 6.07 Å². The number of nitrogens with one attached hydrogen (secondary N) is 2. The van der Waals surface area contributed by atoms with Crippen molar-refractivity contribution in [3.05, 3.63) is 47.3 Å². The van der Waals surface area contributed by atoms with Crippen LogP contribution in [0.1, 0.15) is 27.7 Å². The van der Waals surface area contributed by atoms with Gasteiger partial charge < -0.3 is 10.1 Å². The van der Waals surface area contributed by atoms with Gasteiger partial charge in [-0.1, -0.05) is 18.2 Å². The second-order valence-electron chi connectivity index (χ2n) is 4.92.